The maximum atomic E-state index is 10.5. The first-order valence-corrected chi connectivity index (χ1v) is 13.1. The molecule has 1 aromatic carbocycles. The molecule has 0 saturated carbocycles. The third-order valence-corrected chi connectivity index (χ3v) is 4.74. The van der Waals surface area contributed by atoms with Crippen molar-refractivity contribution in [1.82, 2.24) is 0 Å². The maximum absolute atomic E-state index is 10.5. The molecule has 1 unspecified atom stereocenters. The van der Waals surface area contributed by atoms with Crippen LogP contribution < -0.4 is 17.2 Å². The van der Waals surface area contributed by atoms with Gasteiger partial charge in [0.15, 0.2) is 0 Å². The minimum absolute atomic E-state index is 0.0628. The first-order chi connectivity index (χ1) is 19.3. The number of carbonyl (C=O) groups is 5. The molecule has 0 bridgehead atoms. The lowest BCUT2D eigenvalue weighted by Gasteiger charge is -2.03. The molecule has 230 valence electrons. The SMILES string of the molecule is CC(N)Cc1ccccc1.O=C(O)CCCCC(=O)O.O=C(O)CCCCC(=O)O.[2H]OC(=O)[C@@H](N)CCCCN. The summed E-state index contributed by atoms with van der Waals surface area (Å²) in [5, 5.41) is 36.2. The highest BCUT2D eigenvalue weighted by atomic mass is 16.4. The molecular formula is C27H47N3O10. The van der Waals surface area contributed by atoms with Gasteiger partial charge in [0.1, 0.15) is 6.04 Å². The van der Waals surface area contributed by atoms with Gasteiger partial charge in [-0.1, -0.05) is 36.8 Å². The molecule has 13 heteroatoms. The molecule has 1 aromatic rings. The summed E-state index contributed by atoms with van der Waals surface area (Å²) >= 11 is 0. The van der Waals surface area contributed by atoms with Crippen LogP contribution in [0.3, 0.4) is 0 Å². The van der Waals surface area contributed by atoms with Crippen molar-refractivity contribution >= 4 is 29.8 Å². The van der Waals surface area contributed by atoms with E-state index in [0.29, 0.717) is 38.6 Å². The van der Waals surface area contributed by atoms with Crippen LogP contribution in [0.25, 0.3) is 1.43 Å². The summed E-state index contributed by atoms with van der Waals surface area (Å²) in [6.45, 7) is 2.62. The fourth-order valence-corrected chi connectivity index (χ4v) is 2.72. The van der Waals surface area contributed by atoms with Crippen LogP contribution >= 0.6 is 0 Å². The first kappa shape index (κ1) is 38.6. The number of carboxylic acid groups (broad SMARTS) is 5. The second-order valence-corrected chi connectivity index (χ2v) is 8.87. The highest BCUT2D eigenvalue weighted by Crippen LogP contribution is 2.01. The number of nitrogens with two attached hydrogens (primary N) is 3. The molecule has 0 aliphatic carbocycles. The van der Waals surface area contributed by atoms with Gasteiger partial charge in [0.25, 0.3) is 1.43 Å². The van der Waals surface area contributed by atoms with E-state index >= 15 is 0 Å². The van der Waals surface area contributed by atoms with Crippen molar-refractivity contribution in [2.24, 2.45) is 17.2 Å². The lowest BCUT2D eigenvalue weighted by atomic mass is 10.1. The monoisotopic (exact) mass is 574 g/mol. The maximum Gasteiger partial charge on any atom is 0.320 e. The van der Waals surface area contributed by atoms with Gasteiger partial charge in [0.2, 0.25) is 0 Å². The van der Waals surface area contributed by atoms with Crippen molar-refractivity contribution in [1.29, 1.82) is 1.43 Å². The number of benzene rings is 1. The van der Waals surface area contributed by atoms with Gasteiger partial charge >= 0.3 is 29.8 Å². The van der Waals surface area contributed by atoms with E-state index in [-0.39, 0.29) is 31.7 Å². The predicted octanol–water partition coefficient (Wildman–Crippen LogP) is 2.54. The Kier molecular flexibility index (Phi) is 27.5. The lowest BCUT2D eigenvalue weighted by Crippen LogP contribution is -2.29. The largest absolute Gasteiger partial charge is 0.481 e. The van der Waals surface area contributed by atoms with Crippen LogP contribution in [0.4, 0.5) is 0 Å². The minimum atomic E-state index is -0.870. The van der Waals surface area contributed by atoms with Gasteiger partial charge in [-0.15, -0.1) is 0 Å². The Morgan fingerprint density at radius 3 is 1.43 bits per heavy atom. The second kappa shape index (κ2) is 28.5. The number of carboxylic acids is 5. The van der Waals surface area contributed by atoms with Crippen molar-refractivity contribution in [3.63, 3.8) is 0 Å². The molecule has 13 nitrogen and oxygen atoms in total. The third-order valence-electron chi connectivity index (χ3n) is 4.74. The van der Waals surface area contributed by atoms with E-state index in [9.17, 15) is 24.0 Å². The van der Waals surface area contributed by atoms with Gasteiger partial charge in [-0.3, -0.25) is 24.0 Å². The van der Waals surface area contributed by atoms with E-state index in [1.807, 2.05) is 25.1 Å². The normalized spacial score (nSPS) is 11.3. The Labute approximate surface area is 236 Å². The van der Waals surface area contributed by atoms with Crippen molar-refractivity contribution in [3.8, 4) is 0 Å². The summed E-state index contributed by atoms with van der Waals surface area (Å²) in [7, 11) is 0. The Balaban J connectivity index is -0.000000470. The van der Waals surface area contributed by atoms with Crippen molar-refractivity contribution in [3.05, 3.63) is 35.9 Å². The van der Waals surface area contributed by atoms with Crippen LogP contribution in [0, 0.1) is 0 Å². The zero-order valence-corrected chi connectivity index (χ0v) is 23.2. The summed E-state index contributed by atoms with van der Waals surface area (Å²) in [4.78, 5) is 50.1. The molecule has 0 fully saturated rings. The predicted molar refractivity (Wildman–Crippen MR) is 150 cm³/mol. The first-order valence-electron chi connectivity index (χ1n) is 13.5. The van der Waals surface area contributed by atoms with E-state index in [1.165, 1.54) is 5.56 Å². The van der Waals surface area contributed by atoms with E-state index in [0.717, 1.165) is 19.3 Å². The molecule has 0 amide bonds. The van der Waals surface area contributed by atoms with E-state index in [4.69, 9.17) is 39.1 Å². The molecule has 0 saturated heterocycles. The molecular weight excluding hydrogens is 526 g/mol. The number of hydrogen-bond acceptors (Lipinski definition) is 9. The molecule has 0 aliphatic rings. The van der Waals surface area contributed by atoms with Gasteiger partial charge in [-0.2, -0.15) is 0 Å². The number of unbranched alkanes of at least 4 members (excludes halogenated alkanes) is 3. The molecule has 0 aromatic heterocycles. The summed E-state index contributed by atoms with van der Waals surface area (Å²) in [5.41, 5.74) is 17.5. The topological polar surface area (TPSA) is 265 Å². The van der Waals surface area contributed by atoms with Crippen LogP contribution in [0.5, 0.6) is 0 Å². The Morgan fingerprint density at radius 2 is 1.12 bits per heavy atom. The van der Waals surface area contributed by atoms with Crippen LogP contribution in [-0.2, 0) is 30.4 Å². The minimum Gasteiger partial charge on any atom is -0.481 e. The summed E-state index contributed by atoms with van der Waals surface area (Å²) in [5.74, 6) is -4.16. The zero-order chi connectivity index (χ0) is 32.1. The number of hydrogen-bond donors (Lipinski definition) is 8. The van der Waals surface area contributed by atoms with Crippen LogP contribution in [-0.4, -0.2) is 74.0 Å². The lowest BCUT2D eigenvalue weighted by molar-refractivity contribution is -0.139. The number of rotatable bonds is 17. The van der Waals surface area contributed by atoms with Crippen molar-refractivity contribution in [2.75, 3.05) is 6.54 Å². The van der Waals surface area contributed by atoms with E-state index < -0.39 is 35.9 Å². The standard InChI is InChI=1S/C9H13N.C6H14N2O2.2C6H10O4/c1-8(10)7-9-5-3-2-4-6-9;7-4-2-1-3-5(8)6(9)10;2*7-5(8)3-1-2-4-6(9)10/h2-6,8H,7,10H2,1H3;5H,1-4,7-8H2,(H,9,10);2*1-4H2,(H,7,8)(H,9,10)/t;5-;;/m.0../s1/i/hD. The van der Waals surface area contributed by atoms with Gasteiger partial charge < -0.3 is 42.7 Å². The zero-order valence-electron chi connectivity index (χ0n) is 24.2. The fraction of sp³-hybridized carbons (Fsp3) is 0.593. The average Bonchev–Trinajstić information content (AvgIpc) is 2.89. The van der Waals surface area contributed by atoms with E-state index in [1.54, 1.807) is 0 Å². The quantitative estimate of drug-likeness (QED) is 0.124. The molecule has 0 aliphatic heterocycles. The van der Waals surface area contributed by atoms with Crippen molar-refractivity contribution in [2.45, 2.75) is 96.1 Å². The van der Waals surface area contributed by atoms with Crippen LogP contribution in [0.1, 0.15) is 83.1 Å². The van der Waals surface area contributed by atoms with Crippen LogP contribution in [0.15, 0.2) is 30.3 Å². The second-order valence-electron chi connectivity index (χ2n) is 8.87. The average molecular weight is 575 g/mol. The number of aliphatic carboxylic acids is 5. The van der Waals surface area contributed by atoms with Gasteiger partial charge in [0.05, 0.1) is 0 Å². The Bertz CT molecular complexity index is 778. The van der Waals surface area contributed by atoms with Crippen molar-refractivity contribution < 1.29 is 49.5 Å². The summed E-state index contributed by atoms with van der Waals surface area (Å²) in [6.07, 6.45) is 5.19. The van der Waals surface area contributed by atoms with Gasteiger partial charge in [0, 0.05) is 31.7 Å². The van der Waals surface area contributed by atoms with Gasteiger partial charge in [-0.05, 0) is 64.0 Å². The molecule has 0 radical (unpaired) electrons. The van der Waals surface area contributed by atoms with E-state index in [2.05, 4.69) is 17.2 Å². The summed E-state index contributed by atoms with van der Waals surface area (Å²) < 4.78 is 6.27. The molecule has 0 spiro atoms. The molecule has 1 rings (SSSR count). The smallest absolute Gasteiger partial charge is 0.320 e. The Morgan fingerprint density at radius 1 is 0.725 bits per heavy atom. The summed E-state index contributed by atoms with van der Waals surface area (Å²) in [6, 6.07) is 9.90. The van der Waals surface area contributed by atoms with Crippen LogP contribution in [0.2, 0.25) is 0 Å². The highest BCUT2D eigenvalue weighted by Gasteiger charge is 2.09. The third kappa shape index (κ3) is 39.0. The molecule has 0 heterocycles. The molecule has 11 N–H and O–H groups in total. The van der Waals surface area contributed by atoms with Gasteiger partial charge in [-0.25, -0.2) is 0 Å². The molecule has 40 heavy (non-hydrogen) atoms. The fourth-order valence-electron chi connectivity index (χ4n) is 2.72. The highest BCUT2D eigenvalue weighted by molar-refractivity contribution is 5.73. The Hall–Kier alpha value is -3.55. The molecule has 2 atom stereocenters.